The lowest BCUT2D eigenvalue weighted by molar-refractivity contribution is 0.415. The average molecular weight is 272 g/mol. The van der Waals surface area contributed by atoms with E-state index in [0.29, 0.717) is 0 Å². The monoisotopic (exact) mass is 272 g/mol. The highest BCUT2D eigenvalue weighted by Gasteiger charge is 2.02. The molecule has 4 nitrogen and oxygen atoms in total. The van der Waals surface area contributed by atoms with Crippen molar-refractivity contribution in [3.8, 4) is 11.5 Å². The van der Waals surface area contributed by atoms with Gasteiger partial charge in [-0.25, -0.2) is 0 Å². The van der Waals surface area contributed by atoms with Gasteiger partial charge in [-0.15, -0.1) is 0 Å². The number of nitrogens with one attached hydrogen (secondary N) is 2. The summed E-state index contributed by atoms with van der Waals surface area (Å²) < 4.78 is 10.3. The Morgan fingerprint density at radius 2 is 1.05 bits per heavy atom. The van der Waals surface area contributed by atoms with Crippen LogP contribution in [0.1, 0.15) is 6.92 Å². The van der Waals surface area contributed by atoms with Crippen molar-refractivity contribution in [2.24, 2.45) is 0 Å². The number of benzene rings is 2. The molecule has 0 fully saturated rings. The van der Waals surface area contributed by atoms with E-state index >= 15 is 0 Å². The van der Waals surface area contributed by atoms with Crippen molar-refractivity contribution >= 4 is 11.4 Å². The second kappa shape index (κ2) is 6.70. The molecular weight excluding hydrogens is 252 g/mol. The molecule has 2 aromatic carbocycles. The van der Waals surface area contributed by atoms with Gasteiger partial charge >= 0.3 is 0 Å². The molecule has 0 aliphatic heterocycles. The topological polar surface area (TPSA) is 42.5 Å². The summed E-state index contributed by atoms with van der Waals surface area (Å²) in [7, 11) is 3.33. The third-order valence-corrected chi connectivity index (χ3v) is 2.95. The van der Waals surface area contributed by atoms with Crippen LogP contribution in [0.3, 0.4) is 0 Å². The SMILES string of the molecule is COc1ccc(NC(C)Nc2ccc(OC)cc2)cc1. The lowest BCUT2D eigenvalue weighted by Gasteiger charge is -2.18. The van der Waals surface area contributed by atoms with Gasteiger partial charge in [0.2, 0.25) is 0 Å². The first-order chi connectivity index (χ1) is 9.71. The van der Waals surface area contributed by atoms with Crippen LogP contribution >= 0.6 is 0 Å². The third kappa shape index (κ3) is 3.82. The van der Waals surface area contributed by atoms with Gasteiger partial charge in [0.1, 0.15) is 11.5 Å². The summed E-state index contributed by atoms with van der Waals surface area (Å²) in [5, 5.41) is 6.74. The Kier molecular flexibility index (Phi) is 4.71. The summed E-state index contributed by atoms with van der Waals surface area (Å²) in [5.74, 6) is 1.71. The maximum absolute atomic E-state index is 5.14. The van der Waals surface area contributed by atoms with Crippen molar-refractivity contribution < 1.29 is 9.47 Å². The molecule has 20 heavy (non-hydrogen) atoms. The molecule has 106 valence electrons. The summed E-state index contributed by atoms with van der Waals surface area (Å²) in [4.78, 5) is 0. The van der Waals surface area contributed by atoms with Crippen LogP contribution in [-0.4, -0.2) is 20.4 Å². The van der Waals surface area contributed by atoms with Crippen LogP contribution in [0.15, 0.2) is 48.5 Å². The quantitative estimate of drug-likeness (QED) is 0.789. The van der Waals surface area contributed by atoms with Crippen LogP contribution in [0, 0.1) is 0 Å². The Morgan fingerprint density at radius 1 is 0.700 bits per heavy atom. The summed E-state index contributed by atoms with van der Waals surface area (Å²) in [6.07, 6.45) is 0.108. The zero-order valence-electron chi connectivity index (χ0n) is 12.0. The van der Waals surface area contributed by atoms with E-state index in [1.165, 1.54) is 0 Å². The Hall–Kier alpha value is -2.36. The molecule has 0 aliphatic rings. The van der Waals surface area contributed by atoms with Gasteiger partial charge < -0.3 is 20.1 Å². The van der Waals surface area contributed by atoms with Crippen molar-refractivity contribution in [1.29, 1.82) is 0 Å². The zero-order valence-corrected chi connectivity index (χ0v) is 12.0. The minimum Gasteiger partial charge on any atom is -0.497 e. The number of methoxy groups -OCH3 is 2. The molecule has 0 amide bonds. The summed E-state index contributed by atoms with van der Waals surface area (Å²) >= 11 is 0. The van der Waals surface area contributed by atoms with E-state index in [-0.39, 0.29) is 6.17 Å². The third-order valence-electron chi connectivity index (χ3n) is 2.95. The van der Waals surface area contributed by atoms with E-state index < -0.39 is 0 Å². The molecule has 0 unspecified atom stereocenters. The number of ether oxygens (including phenoxy) is 2. The van der Waals surface area contributed by atoms with Crippen molar-refractivity contribution in [3.05, 3.63) is 48.5 Å². The van der Waals surface area contributed by atoms with Gasteiger partial charge in [-0.05, 0) is 55.5 Å². The lowest BCUT2D eigenvalue weighted by atomic mass is 10.2. The van der Waals surface area contributed by atoms with Crippen LogP contribution in [0.2, 0.25) is 0 Å². The number of hydrogen-bond donors (Lipinski definition) is 2. The van der Waals surface area contributed by atoms with Crippen LogP contribution in [0.25, 0.3) is 0 Å². The Labute approximate surface area is 119 Å². The zero-order chi connectivity index (χ0) is 14.4. The predicted octanol–water partition coefficient (Wildman–Crippen LogP) is 3.57. The van der Waals surface area contributed by atoms with E-state index in [1.807, 2.05) is 48.5 Å². The predicted molar refractivity (Wildman–Crippen MR) is 82.7 cm³/mol. The maximum atomic E-state index is 5.14. The molecule has 4 heteroatoms. The highest BCUT2D eigenvalue weighted by atomic mass is 16.5. The fourth-order valence-electron chi connectivity index (χ4n) is 1.91. The van der Waals surface area contributed by atoms with Gasteiger partial charge in [0, 0.05) is 11.4 Å². The molecule has 2 rings (SSSR count). The van der Waals surface area contributed by atoms with E-state index in [2.05, 4.69) is 17.6 Å². The fourth-order valence-corrected chi connectivity index (χ4v) is 1.91. The largest absolute Gasteiger partial charge is 0.497 e. The van der Waals surface area contributed by atoms with Gasteiger partial charge in [-0.2, -0.15) is 0 Å². The van der Waals surface area contributed by atoms with Gasteiger partial charge in [-0.3, -0.25) is 0 Å². The fraction of sp³-hybridized carbons (Fsp3) is 0.250. The van der Waals surface area contributed by atoms with Crippen molar-refractivity contribution in [1.82, 2.24) is 0 Å². The van der Waals surface area contributed by atoms with Gasteiger partial charge in [-0.1, -0.05) is 0 Å². The van der Waals surface area contributed by atoms with Crippen molar-refractivity contribution in [2.45, 2.75) is 13.1 Å². The molecule has 0 aromatic heterocycles. The first kappa shape index (κ1) is 14.1. The van der Waals surface area contributed by atoms with E-state index in [9.17, 15) is 0 Å². The first-order valence-corrected chi connectivity index (χ1v) is 6.52. The second-order valence-corrected chi connectivity index (χ2v) is 4.47. The molecule has 0 heterocycles. The molecule has 0 saturated heterocycles. The highest BCUT2D eigenvalue weighted by molar-refractivity contribution is 5.51. The van der Waals surface area contributed by atoms with E-state index in [1.54, 1.807) is 14.2 Å². The van der Waals surface area contributed by atoms with Gasteiger partial charge in [0.25, 0.3) is 0 Å². The maximum Gasteiger partial charge on any atom is 0.119 e. The lowest BCUT2D eigenvalue weighted by Crippen LogP contribution is -2.24. The van der Waals surface area contributed by atoms with Crippen LogP contribution in [0.4, 0.5) is 11.4 Å². The molecule has 0 radical (unpaired) electrons. The van der Waals surface area contributed by atoms with Crippen molar-refractivity contribution in [3.63, 3.8) is 0 Å². The second-order valence-electron chi connectivity index (χ2n) is 4.47. The summed E-state index contributed by atoms with van der Waals surface area (Å²) in [6.45, 7) is 2.06. The Morgan fingerprint density at radius 3 is 1.35 bits per heavy atom. The number of hydrogen-bond acceptors (Lipinski definition) is 4. The van der Waals surface area contributed by atoms with E-state index in [0.717, 1.165) is 22.9 Å². The van der Waals surface area contributed by atoms with Gasteiger partial charge in [0.05, 0.1) is 20.4 Å². The average Bonchev–Trinajstić information content (AvgIpc) is 2.49. The van der Waals surface area contributed by atoms with E-state index in [4.69, 9.17) is 9.47 Å². The Bertz CT molecular complexity index is 474. The molecule has 0 atom stereocenters. The van der Waals surface area contributed by atoms with Gasteiger partial charge in [0.15, 0.2) is 0 Å². The summed E-state index contributed by atoms with van der Waals surface area (Å²) in [6, 6.07) is 15.7. The standard InChI is InChI=1S/C16H20N2O2/c1-12(17-13-4-8-15(19-2)9-5-13)18-14-6-10-16(20-3)11-7-14/h4-12,17-18H,1-3H3. The first-order valence-electron chi connectivity index (χ1n) is 6.52. The normalized spacial score (nSPS) is 10.2. The van der Waals surface area contributed by atoms with Crippen molar-refractivity contribution in [2.75, 3.05) is 24.9 Å². The van der Waals surface area contributed by atoms with Crippen LogP contribution in [0.5, 0.6) is 11.5 Å². The molecule has 0 spiro atoms. The molecule has 2 aromatic rings. The molecule has 0 saturated carbocycles. The minimum absolute atomic E-state index is 0.108. The highest BCUT2D eigenvalue weighted by Crippen LogP contribution is 2.18. The minimum atomic E-state index is 0.108. The molecule has 0 aliphatic carbocycles. The Balaban J connectivity index is 1.91. The molecule has 0 bridgehead atoms. The smallest absolute Gasteiger partial charge is 0.119 e. The van der Waals surface area contributed by atoms with Crippen LogP contribution in [-0.2, 0) is 0 Å². The number of anilines is 2. The molecule has 2 N–H and O–H groups in total. The summed E-state index contributed by atoms with van der Waals surface area (Å²) in [5.41, 5.74) is 2.08. The van der Waals surface area contributed by atoms with Crippen LogP contribution < -0.4 is 20.1 Å². The molecular formula is C16H20N2O2. The number of rotatable bonds is 6.